The number of hydrogen-bond acceptors (Lipinski definition) is 11. The quantitative estimate of drug-likeness (QED) is 0.0170. The number of allylic oxidation sites excluding steroid dienone is 5. The number of hydrogen-bond donors (Lipinski definition) is 5. The Bertz CT molecular complexity index is 1110. The molecule has 0 aliphatic rings. The lowest BCUT2D eigenvalue weighted by molar-refractivity contribution is -0.161. The highest BCUT2D eigenvalue weighted by atomic mass is 31.2. The van der Waals surface area contributed by atoms with Gasteiger partial charge >= 0.3 is 19.8 Å². The predicted octanol–water partition coefficient (Wildman–Crippen LogP) is 9.75. The molecule has 5 atom stereocenters. The fourth-order valence-corrected chi connectivity index (χ4v) is 6.84. The number of carbonyl (C=O) groups excluding carboxylic acids is 2. The molecule has 13 heteroatoms. The molecule has 0 saturated carbocycles. The summed E-state index contributed by atoms with van der Waals surface area (Å²) in [6.07, 6.45) is 31.4. The first kappa shape index (κ1) is 56.1. The summed E-state index contributed by atoms with van der Waals surface area (Å²) in [4.78, 5) is 35.1. The average Bonchev–Trinajstić information content (AvgIpc) is 3.19. The van der Waals surface area contributed by atoms with Crippen molar-refractivity contribution in [1.82, 2.24) is 0 Å². The zero-order valence-electron chi connectivity index (χ0n) is 36.4. The van der Waals surface area contributed by atoms with E-state index in [4.69, 9.17) is 19.1 Å². The van der Waals surface area contributed by atoms with E-state index in [1.54, 1.807) is 0 Å². The number of esters is 2. The predicted molar refractivity (Wildman–Crippen MR) is 231 cm³/mol. The van der Waals surface area contributed by atoms with Crippen LogP contribution in [-0.4, -0.2) is 88.1 Å². The van der Waals surface area contributed by atoms with Crippen LogP contribution in [0.4, 0.5) is 0 Å². The highest BCUT2D eigenvalue weighted by Crippen LogP contribution is 2.43. The number of ether oxygens (including phenoxy) is 2. The van der Waals surface area contributed by atoms with Gasteiger partial charge < -0.3 is 34.8 Å². The molecule has 5 N–H and O–H groups in total. The monoisotopic (exact) mass is 847 g/mol. The Labute approximate surface area is 351 Å². The summed E-state index contributed by atoms with van der Waals surface area (Å²) in [6.45, 7) is 4.35. The molecule has 3 unspecified atom stereocenters. The van der Waals surface area contributed by atoms with Crippen LogP contribution in [0.15, 0.2) is 36.5 Å². The van der Waals surface area contributed by atoms with E-state index >= 15 is 0 Å². The minimum atomic E-state index is -4.69. The van der Waals surface area contributed by atoms with Gasteiger partial charge in [-0.05, 0) is 57.3 Å². The second-order valence-electron chi connectivity index (χ2n) is 15.9. The molecule has 0 radical (unpaired) electrons. The van der Waals surface area contributed by atoms with Crippen molar-refractivity contribution in [1.29, 1.82) is 0 Å². The Kier molecular flexibility index (Phi) is 38.0. The Hall–Kier alpha value is -1.89. The molecule has 340 valence electrons. The van der Waals surface area contributed by atoms with Crippen molar-refractivity contribution in [3.63, 3.8) is 0 Å². The van der Waals surface area contributed by atoms with Crippen LogP contribution in [0.1, 0.15) is 181 Å². The second-order valence-corrected chi connectivity index (χ2v) is 17.3. The van der Waals surface area contributed by atoms with E-state index in [9.17, 15) is 34.4 Å². The maximum Gasteiger partial charge on any atom is 0.472 e. The standard InChI is InChI=1S/C45H83O12P/c1-4-5-6-7-8-9-10-15-18-21-24-27-31-42(48)43(49)32-29-34-44(50)54-37-41(38-56-58(52,53)55-36-40(47)35-46)57-45(51)33-28-25-22-19-16-13-11-12-14-17-20-23-26-30-39(2)3/h8-9,15,18,24,27,39-43,46-49H,4-7,10-14,16-17,19-23,25-26,28-38H2,1-3H3,(H,52,53)/b9-8-,18-15-,27-24-/t40-,41+,42?,43?/m0/s1. The van der Waals surface area contributed by atoms with Crippen molar-refractivity contribution in [3.8, 4) is 0 Å². The summed E-state index contributed by atoms with van der Waals surface area (Å²) in [5, 5.41) is 39.0. The van der Waals surface area contributed by atoms with Crippen molar-refractivity contribution < 1.29 is 58.0 Å². The van der Waals surface area contributed by atoms with Gasteiger partial charge in [0, 0.05) is 12.8 Å². The lowest BCUT2D eigenvalue weighted by Gasteiger charge is -2.20. The molecule has 0 saturated heterocycles. The molecule has 0 aliphatic heterocycles. The molecule has 0 aromatic carbocycles. The molecule has 0 aromatic rings. The zero-order valence-corrected chi connectivity index (χ0v) is 37.3. The number of rotatable bonds is 41. The topological polar surface area (TPSA) is 189 Å². The summed E-state index contributed by atoms with van der Waals surface area (Å²) < 4.78 is 32.6. The zero-order chi connectivity index (χ0) is 43.1. The van der Waals surface area contributed by atoms with Gasteiger partial charge in [0.2, 0.25) is 0 Å². The van der Waals surface area contributed by atoms with Crippen molar-refractivity contribution >= 4 is 19.8 Å². The lowest BCUT2D eigenvalue weighted by Crippen LogP contribution is -2.30. The van der Waals surface area contributed by atoms with Crippen LogP contribution in [0, 0.1) is 5.92 Å². The second kappa shape index (κ2) is 39.3. The van der Waals surface area contributed by atoms with E-state index in [0.29, 0.717) is 6.42 Å². The third-order valence-electron chi connectivity index (χ3n) is 9.68. The fraction of sp³-hybridized carbons (Fsp3) is 0.822. The summed E-state index contributed by atoms with van der Waals surface area (Å²) in [6, 6.07) is 0. The third kappa shape index (κ3) is 38.3. The van der Waals surface area contributed by atoms with Gasteiger partial charge in [0.05, 0.1) is 32.0 Å². The van der Waals surface area contributed by atoms with Gasteiger partial charge in [0.1, 0.15) is 12.7 Å². The maximum atomic E-state index is 12.6. The number of aliphatic hydroxyl groups excluding tert-OH is 4. The third-order valence-corrected chi connectivity index (χ3v) is 10.6. The minimum absolute atomic E-state index is 0.0712. The van der Waals surface area contributed by atoms with Crippen molar-refractivity contribution in [2.24, 2.45) is 5.92 Å². The number of carbonyl (C=O) groups is 2. The highest BCUT2D eigenvalue weighted by molar-refractivity contribution is 7.47. The molecule has 0 rings (SSSR count). The largest absolute Gasteiger partial charge is 0.472 e. The Morgan fingerprint density at radius 2 is 1.14 bits per heavy atom. The van der Waals surface area contributed by atoms with Gasteiger partial charge in [-0.15, -0.1) is 0 Å². The van der Waals surface area contributed by atoms with Crippen LogP contribution in [-0.2, 0) is 32.7 Å². The summed E-state index contributed by atoms with van der Waals surface area (Å²) in [5.74, 6) is -0.406. The first-order valence-electron chi connectivity index (χ1n) is 22.5. The van der Waals surface area contributed by atoms with Gasteiger partial charge in [-0.2, -0.15) is 0 Å². The van der Waals surface area contributed by atoms with Crippen LogP contribution in [0.25, 0.3) is 0 Å². The van der Waals surface area contributed by atoms with E-state index in [1.807, 2.05) is 12.2 Å². The highest BCUT2D eigenvalue weighted by Gasteiger charge is 2.27. The summed E-state index contributed by atoms with van der Waals surface area (Å²) >= 11 is 0. The maximum absolute atomic E-state index is 12.6. The number of phosphoric ester groups is 1. The van der Waals surface area contributed by atoms with E-state index in [1.165, 1.54) is 83.5 Å². The van der Waals surface area contributed by atoms with Crippen molar-refractivity contribution in [2.75, 3.05) is 26.4 Å². The SMILES string of the molecule is CCCCC/C=C\C/C=C\C/C=C\CC(O)C(O)CCCC(=O)OC[C@H](COP(=O)(O)OC[C@@H](O)CO)OC(=O)CCCCCCCCCCCCCCCC(C)C. The normalized spacial score (nSPS) is 15.3. The van der Waals surface area contributed by atoms with Gasteiger partial charge in [-0.1, -0.05) is 154 Å². The smallest absolute Gasteiger partial charge is 0.462 e. The van der Waals surface area contributed by atoms with Gasteiger partial charge in [-0.3, -0.25) is 18.6 Å². The molecule has 0 aliphatic carbocycles. The van der Waals surface area contributed by atoms with Crippen LogP contribution in [0.5, 0.6) is 0 Å². The number of aliphatic hydroxyl groups is 4. The molecule has 0 heterocycles. The van der Waals surface area contributed by atoms with Gasteiger partial charge in [0.15, 0.2) is 6.10 Å². The van der Waals surface area contributed by atoms with Gasteiger partial charge in [-0.25, -0.2) is 4.57 Å². The Morgan fingerprint density at radius 1 is 0.603 bits per heavy atom. The Balaban J connectivity index is 4.50. The molecule has 0 bridgehead atoms. The number of unbranched alkanes of at least 4 members (excludes halogenated alkanes) is 15. The molecule has 0 amide bonds. The van der Waals surface area contributed by atoms with Crippen molar-refractivity contribution in [3.05, 3.63) is 36.5 Å². The first-order valence-corrected chi connectivity index (χ1v) is 24.0. The van der Waals surface area contributed by atoms with Crippen LogP contribution in [0.2, 0.25) is 0 Å². The lowest BCUT2D eigenvalue weighted by atomic mass is 10.0. The van der Waals surface area contributed by atoms with Crippen LogP contribution < -0.4 is 0 Å². The molecular weight excluding hydrogens is 763 g/mol. The minimum Gasteiger partial charge on any atom is -0.462 e. The average molecular weight is 847 g/mol. The Morgan fingerprint density at radius 3 is 1.72 bits per heavy atom. The molecule has 0 aromatic heterocycles. The van der Waals surface area contributed by atoms with E-state index in [0.717, 1.165) is 44.4 Å². The molecular formula is C45H83O12P. The molecule has 0 fully saturated rings. The molecule has 0 spiro atoms. The summed E-state index contributed by atoms with van der Waals surface area (Å²) in [5.41, 5.74) is 0. The van der Waals surface area contributed by atoms with E-state index in [2.05, 4.69) is 49.6 Å². The van der Waals surface area contributed by atoms with Crippen molar-refractivity contribution in [2.45, 2.75) is 206 Å². The van der Waals surface area contributed by atoms with E-state index in [-0.39, 0.29) is 32.1 Å². The van der Waals surface area contributed by atoms with Crippen LogP contribution >= 0.6 is 7.82 Å². The molecule has 58 heavy (non-hydrogen) atoms. The van der Waals surface area contributed by atoms with Crippen LogP contribution in [0.3, 0.4) is 0 Å². The van der Waals surface area contributed by atoms with Gasteiger partial charge in [0.25, 0.3) is 0 Å². The first-order chi connectivity index (χ1) is 27.9. The number of phosphoric acid groups is 1. The fourth-order valence-electron chi connectivity index (χ4n) is 6.05. The molecule has 12 nitrogen and oxygen atoms in total. The summed E-state index contributed by atoms with van der Waals surface area (Å²) in [7, 11) is -4.69. The van der Waals surface area contributed by atoms with E-state index < -0.39 is 70.6 Å².